The molecule has 21 heavy (non-hydrogen) atoms. The summed E-state index contributed by atoms with van der Waals surface area (Å²) in [6, 6.07) is 2.28. The molecule has 0 bridgehead atoms. The van der Waals surface area contributed by atoms with E-state index in [0.29, 0.717) is 0 Å². The summed E-state index contributed by atoms with van der Waals surface area (Å²) >= 11 is 0. The third-order valence-electron chi connectivity index (χ3n) is 3.32. The van der Waals surface area contributed by atoms with Gasteiger partial charge >= 0.3 is 5.97 Å². The summed E-state index contributed by atoms with van der Waals surface area (Å²) in [5.74, 6) is -2.28. The second-order valence-corrected chi connectivity index (χ2v) is 6.88. The highest BCUT2D eigenvalue weighted by Gasteiger charge is 2.36. The molecule has 0 radical (unpaired) electrons. The van der Waals surface area contributed by atoms with Gasteiger partial charge in [0.25, 0.3) is 0 Å². The molecule has 2 rings (SSSR count). The number of carboxylic acids is 1. The first kappa shape index (κ1) is 15.9. The van der Waals surface area contributed by atoms with Crippen molar-refractivity contribution in [2.45, 2.75) is 30.9 Å². The molecule has 0 aromatic heterocycles. The maximum Gasteiger partial charge on any atom is 0.335 e. The predicted octanol–water partition coefficient (Wildman–Crippen LogP) is 1.32. The fraction of sp³-hybridized carbons (Fsp3) is 0.462. The molecule has 8 heteroatoms. The molecular weight excluding hydrogens is 301 g/mol. The first-order valence-corrected chi connectivity index (χ1v) is 7.83. The molecule has 1 saturated heterocycles. The van der Waals surface area contributed by atoms with Crippen molar-refractivity contribution >= 4 is 16.0 Å². The van der Waals surface area contributed by atoms with Gasteiger partial charge in [-0.3, -0.25) is 0 Å². The van der Waals surface area contributed by atoms with Gasteiger partial charge in [0, 0.05) is 12.6 Å². The number of sulfonamides is 1. The van der Waals surface area contributed by atoms with Crippen molar-refractivity contribution in [1.29, 1.82) is 0 Å². The number of ether oxygens (including phenoxy) is 1. The van der Waals surface area contributed by atoms with E-state index >= 15 is 0 Å². The zero-order valence-electron chi connectivity index (χ0n) is 11.6. The number of halogens is 1. The van der Waals surface area contributed by atoms with E-state index < -0.39 is 32.7 Å². The van der Waals surface area contributed by atoms with Crippen molar-refractivity contribution in [2.24, 2.45) is 0 Å². The van der Waals surface area contributed by atoms with Crippen LogP contribution in [0.15, 0.2) is 23.1 Å². The molecule has 1 aliphatic rings. The molecule has 2 unspecified atom stereocenters. The van der Waals surface area contributed by atoms with Gasteiger partial charge in [-0.05, 0) is 32.0 Å². The van der Waals surface area contributed by atoms with Crippen LogP contribution in [-0.4, -0.2) is 49.1 Å². The highest BCUT2D eigenvalue weighted by atomic mass is 32.2. The Hall–Kier alpha value is -1.51. The lowest BCUT2D eigenvalue weighted by molar-refractivity contribution is -0.0171. The Morgan fingerprint density at radius 2 is 2.10 bits per heavy atom. The lowest BCUT2D eigenvalue weighted by atomic mass is 10.2. The predicted molar refractivity (Wildman–Crippen MR) is 72.1 cm³/mol. The van der Waals surface area contributed by atoms with Crippen molar-refractivity contribution in [3.8, 4) is 0 Å². The van der Waals surface area contributed by atoms with Gasteiger partial charge in [0.15, 0.2) is 0 Å². The normalized spacial score (nSPS) is 24.0. The summed E-state index contributed by atoms with van der Waals surface area (Å²) in [5.41, 5.74) is -0.274. The summed E-state index contributed by atoms with van der Waals surface area (Å²) < 4.78 is 45.5. The van der Waals surface area contributed by atoms with Gasteiger partial charge in [-0.1, -0.05) is 0 Å². The van der Waals surface area contributed by atoms with E-state index in [9.17, 15) is 17.6 Å². The first-order chi connectivity index (χ1) is 9.73. The maximum absolute atomic E-state index is 13.9. The Kier molecular flexibility index (Phi) is 4.31. The molecule has 1 aliphatic heterocycles. The molecular formula is C13H16FNO5S. The smallest absolute Gasteiger partial charge is 0.335 e. The number of benzene rings is 1. The third-order valence-corrected chi connectivity index (χ3v) is 5.31. The molecule has 1 fully saturated rings. The van der Waals surface area contributed by atoms with E-state index in [1.54, 1.807) is 13.8 Å². The molecule has 0 saturated carbocycles. The first-order valence-electron chi connectivity index (χ1n) is 6.39. The summed E-state index contributed by atoms with van der Waals surface area (Å²) in [4.78, 5) is 10.3. The van der Waals surface area contributed by atoms with Crippen molar-refractivity contribution in [1.82, 2.24) is 4.31 Å². The third kappa shape index (κ3) is 3.07. The fourth-order valence-electron chi connectivity index (χ4n) is 2.17. The Morgan fingerprint density at radius 1 is 1.43 bits per heavy atom. The van der Waals surface area contributed by atoms with Crippen LogP contribution >= 0.6 is 0 Å². The molecule has 1 N–H and O–H groups in total. The number of carboxylic acid groups (broad SMARTS) is 1. The number of hydrogen-bond donors (Lipinski definition) is 1. The quantitative estimate of drug-likeness (QED) is 0.909. The molecule has 0 amide bonds. The Bertz CT molecular complexity index is 661. The molecule has 6 nitrogen and oxygen atoms in total. The molecule has 116 valence electrons. The van der Waals surface area contributed by atoms with Crippen LogP contribution in [0.5, 0.6) is 0 Å². The SMILES string of the molecule is CC1CN(S(=O)(=O)c2cc(C(=O)O)ccc2F)C(C)CO1. The van der Waals surface area contributed by atoms with Crippen LogP contribution in [0.2, 0.25) is 0 Å². The number of nitrogens with zero attached hydrogens (tertiary/aromatic N) is 1. The average molecular weight is 317 g/mol. The minimum Gasteiger partial charge on any atom is -0.478 e. The molecule has 1 aromatic carbocycles. The van der Waals surface area contributed by atoms with Crippen molar-refractivity contribution < 1.29 is 27.4 Å². The van der Waals surface area contributed by atoms with Crippen molar-refractivity contribution in [3.63, 3.8) is 0 Å². The second kappa shape index (κ2) is 5.70. The van der Waals surface area contributed by atoms with E-state index in [1.807, 2.05) is 0 Å². The Balaban J connectivity index is 2.48. The maximum atomic E-state index is 13.9. The fourth-order valence-corrected chi connectivity index (χ4v) is 3.95. The minimum absolute atomic E-state index is 0.0975. The Labute approximate surface area is 122 Å². The van der Waals surface area contributed by atoms with Crippen LogP contribution in [0.4, 0.5) is 4.39 Å². The van der Waals surface area contributed by atoms with Gasteiger partial charge < -0.3 is 9.84 Å². The van der Waals surface area contributed by atoms with Crippen LogP contribution < -0.4 is 0 Å². The summed E-state index contributed by atoms with van der Waals surface area (Å²) in [6.07, 6.45) is -0.304. The van der Waals surface area contributed by atoms with Gasteiger partial charge in [-0.15, -0.1) is 0 Å². The van der Waals surface area contributed by atoms with Gasteiger partial charge in [-0.25, -0.2) is 17.6 Å². The molecule has 2 atom stereocenters. The topological polar surface area (TPSA) is 83.9 Å². The number of morpholine rings is 1. The lowest BCUT2D eigenvalue weighted by Crippen LogP contribution is -2.50. The van der Waals surface area contributed by atoms with Crippen LogP contribution in [0, 0.1) is 5.82 Å². The van der Waals surface area contributed by atoms with Gasteiger partial charge in [-0.2, -0.15) is 4.31 Å². The molecule has 1 aromatic rings. The second-order valence-electron chi connectivity index (χ2n) is 5.02. The van der Waals surface area contributed by atoms with Crippen molar-refractivity contribution in [2.75, 3.05) is 13.2 Å². The van der Waals surface area contributed by atoms with E-state index in [2.05, 4.69) is 0 Å². The Morgan fingerprint density at radius 3 is 2.71 bits per heavy atom. The van der Waals surface area contributed by atoms with Crippen LogP contribution in [0.25, 0.3) is 0 Å². The van der Waals surface area contributed by atoms with Crippen LogP contribution in [0.3, 0.4) is 0 Å². The standard InChI is InChI=1S/C13H16FNO5S/c1-8-7-20-9(2)6-15(8)21(18,19)12-5-10(13(16)17)3-4-11(12)14/h3-5,8-9H,6-7H2,1-2H3,(H,16,17). The monoisotopic (exact) mass is 317 g/mol. The average Bonchev–Trinajstić information content (AvgIpc) is 2.41. The zero-order valence-corrected chi connectivity index (χ0v) is 12.4. The number of aromatic carboxylic acids is 1. The van der Waals surface area contributed by atoms with Crippen LogP contribution in [0.1, 0.15) is 24.2 Å². The number of carbonyl (C=O) groups is 1. The summed E-state index contributed by atoms with van der Waals surface area (Å²) in [6.45, 7) is 3.68. The van der Waals surface area contributed by atoms with Crippen molar-refractivity contribution in [3.05, 3.63) is 29.6 Å². The minimum atomic E-state index is -4.12. The van der Waals surface area contributed by atoms with Crippen LogP contribution in [-0.2, 0) is 14.8 Å². The van der Waals surface area contributed by atoms with E-state index in [0.717, 1.165) is 22.5 Å². The van der Waals surface area contributed by atoms with E-state index in [4.69, 9.17) is 9.84 Å². The number of rotatable bonds is 3. The van der Waals surface area contributed by atoms with Gasteiger partial charge in [0.2, 0.25) is 10.0 Å². The molecule has 0 aliphatic carbocycles. The van der Waals surface area contributed by atoms with Gasteiger partial charge in [0.1, 0.15) is 10.7 Å². The highest BCUT2D eigenvalue weighted by Crippen LogP contribution is 2.25. The zero-order chi connectivity index (χ0) is 15.8. The summed E-state index contributed by atoms with van der Waals surface area (Å²) in [5, 5.41) is 8.92. The largest absolute Gasteiger partial charge is 0.478 e. The van der Waals surface area contributed by atoms with Gasteiger partial charge in [0.05, 0.1) is 18.3 Å². The molecule has 0 spiro atoms. The highest BCUT2D eigenvalue weighted by molar-refractivity contribution is 7.89. The molecule has 1 heterocycles. The number of hydrogen-bond acceptors (Lipinski definition) is 4. The summed E-state index contributed by atoms with van der Waals surface area (Å²) in [7, 11) is -4.12. The van der Waals surface area contributed by atoms with E-state index in [1.165, 1.54) is 0 Å². The lowest BCUT2D eigenvalue weighted by Gasteiger charge is -2.35. The van der Waals surface area contributed by atoms with E-state index in [-0.39, 0.29) is 24.8 Å².